The first-order valence-electron chi connectivity index (χ1n) is 9.86. The Morgan fingerprint density at radius 1 is 1.11 bits per heavy atom. The average Bonchev–Trinajstić information content (AvgIpc) is 3.00. The van der Waals surface area contributed by atoms with Gasteiger partial charge in [-0.05, 0) is 65.8 Å². The standard InChI is InChI=1S/C24H22N2O2/c27-24(28)13-20-15-26(14-16-3-1-4-16)23-9-7-18(12-21(20)23)17-6-8-22-19(11-17)5-2-10-25-22/h2,5-12,15-16H,1,3-4,13-14H2,(H,27,28). The molecule has 4 heteroatoms. The van der Waals surface area contributed by atoms with Gasteiger partial charge in [-0.15, -0.1) is 0 Å². The highest BCUT2D eigenvalue weighted by Crippen LogP contribution is 2.33. The molecule has 0 saturated heterocycles. The Morgan fingerprint density at radius 3 is 2.71 bits per heavy atom. The number of rotatable bonds is 5. The number of carboxylic acids is 1. The van der Waals surface area contributed by atoms with Crippen molar-refractivity contribution in [3.8, 4) is 11.1 Å². The topological polar surface area (TPSA) is 55.1 Å². The lowest BCUT2D eigenvalue weighted by Crippen LogP contribution is -2.17. The molecule has 1 N–H and O–H groups in total. The molecule has 2 heterocycles. The van der Waals surface area contributed by atoms with Crippen LogP contribution in [0.3, 0.4) is 0 Å². The Kier molecular flexibility index (Phi) is 4.12. The Balaban J connectivity index is 1.60. The summed E-state index contributed by atoms with van der Waals surface area (Å²) in [5, 5.41) is 11.5. The van der Waals surface area contributed by atoms with Crippen molar-refractivity contribution < 1.29 is 9.90 Å². The minimum Gasteiger partial charge on any atom is -0.481 e. The highest BCUT2D eigenvalue weighted by Gasteiger charge is 2.20. The monoisotopic (exact) mass is 370 g/mol. The van der Waals surface area contributed by atoms with Crippen molar-refractivity contribution >= 4 is 27.8 Å². The van der Waals surface area contributed by atoms with Gasteiger partial charge in [0.05, 0.1) is 11.9 Å². The molecule has 2 aromatic heterocycles. The Bertz CT molecular complexity index is 1190. The number of fused-ring (bicyclic) bond motifs is 2. The van der Waals surface area contributed by atoms with Crippen LogP contribution in [0.2, 0.25) is 0 Å². The maximum Gasteiger partial charge on any atom is 0.307 e. The van der Waals surface area contributed by atoms with Crippen molar-refractivity contribution in [2.75, 3.05) is 0 Å². The van der Waals surface area contributed by atoms with Gasteiger partial charge in [-0.1, -0.05) is 24.6 Å². The Morgan fingerprint density at radius 2 is 1.93 bits per heavy atom. The molecule has 5 rings (SSSR count). The molecule has 1 aliphatic rings. The predicted molar refractivity (Wildman–Crippen MR) is 111 cm³/mol. The average molecular weight is 370 g/mol. The van der Waals surface area contributed by atoms with E-state index in [2.05, 4.69) is 45.9 Å². The molecule has 1 aliphatic carbocycles. The second kappa shape index (κ2) is 6.79. The number of pyridine rings is 1. The molecular weight excluding hydrogens is 348 g/mol. The zero-order chi connectivity index (χ0) is 19.1. The summed E-state index contributed by atoms with van der Waals surface area (Å²) < 4.78 is 2.26. The van der Waals surface area contributed by atoms with Crippen LogP contribution in [0.4, 0.5) is 0 Å². The van der Waals surface area contributed by atoms with Crippen LogP contribution >= 0.6 is 0 Å². The van der Waals surface area contributed by atoms with E-state index in [4.69, 9.17) is 0 Å². The maximum atomic E-state index is 11.4. The van der Waals surface area contributed by atoms with Crippen LogP contribution in [0.15, 0.2) is 60.9 Å². The normalized spacial score (nSPS) is 14.4. The highest BCUT2D eigenvalue weighted by atomic mass is 16.4. The number of aliphatic carboxylic acids is 1. The van der Waals surface area contributed by atoms with Crippen molar-refractivity contribution in [1.82, 2.24) is 9.55 Å². The lowest BCUT2D eigenvalue weighted by molar-refractivity contribution is -0.136. The van der Waals surface area contributed by atoms with E-state index in [-0.39, 0.29) is 6.42 Å². The zero-order valence-electron chi connectivity index (χ0n) is 15.6. The summed E-state index contributed by atoms with van der Waals surface area (Å²) in [5.41, 5.74) is 5.23. The van der Waals surface area contributed by atoms with E-state index >= 15 is 0 Å². The van der Waals surface area contributed by atoms with Crippen LogP contribution < -0.4 is 0 Å². The van der Waals surface area contributed by atoms with Crippen LogP contribution in [-0.2, 0) is 17.8 Å². The molecule has 28 heavy (non-hydrogen) atoms. The molecule has 0 radical (unpaired) electrons. The molecule has 0 unspecified atom stereocenters. The quantitative estimate of drug-likeness (QED) is 0.520. The van der Waals surface area contributed by atoms with Gasteiger partial charge < -0.3 is 9.67 Å². The lowest BCUT2D eigenvalue weighted by Gasteiger charge is -2.26. The molecule has 1 saturated carbocycles. The third kappa shape index (κ3) is 3.05. The van der Waals surface area contributed by atoms with E-state index < -0.39 is 5.97 Å². The molecule has 4 nitrogen and oxygen atoms in total. The van der Waals surface area contributed by atoms with E-state index in [0.29, 0.717) is 0 Å². The Labute approximate surface area is 163 Å². The van der Waals surface area contributed by atoms with Crippen molar-refractivity contribution in [2.45, 2.75) is 32.2 Å². The largest absolute Gasteiger partial charge is 0.481 e. The molecule has 0 spiro atoms. The number of benzene rings is 2. The summed E-state index contributed by atoms with van der Waals surface area (Å²) >= 11 is 0. The fourth-order valence-electron chi connectivity index (χ4n) is 4.21. The highest BCUT2D eigenvalue weighted by molar-refractivity contribution is 5.92. The first-order valence-corrected chi connectivity index (χ1v) is 9.86. The van der Waals surface area contributed by atoms with E-state index in [1.54, 1.807) is 6.20 Å². The smallest absolute Gasteiger partial charge is 0.307 e. The fourth-order valence-corrected chi connectivity index (χ4v) is 4.21. The van der Waals surface area contributed by atoms with Gasteiger partial charge in [0.2, 0.25) is 0 Å². The van der Waals surface area contributed by atoms with Gasteiger partial charge in [0.15, 0.2) is 0 Å². The Hall–Kier alpha value is -3.14. The molecule has 0 atom stereocenters. The number of carbonyl (C=O) groups is 1. The number of hydrogen-bond donors (Lipinski definition) is 1. The summed E-state index contributed by atoms with van der Waals surface area (Å²) in [7, 11) is 0. The van der Waals surface area contributed by atoms with Crippen LogP contribution in [0.1, 0.15) is 24.8 Å². The maximum absolute atomic E-state index is 11.4. The number of nitrogens with zero attached hydrogens (tertiary/aromatic N) is 2. The van der Waals surface area contributed by atoms with Crippen molar-refractivity contribution in [3.05, 3.63) is 66.5 Å². The van der Waals surface area contributed by atoms with E-state index in [1.807, 2.05) is 18.3 Å². The van der Waals surface area contributed by atoms with Crippen molar-refractivity contribution in [1.29, 1.82) is 0 Å². The van der Waals surface area contributed by atoms with Gasteiger partial charge in [-0.3, -0.25) is 9.78 Å². The summed E-state index contributed by atoms with van der Waals surface area (Å²) in [5.74, 6) is -0.0641. The predicted octanol–water partition coefficient (Wildman–Crippen LogP) is 5.28. The van der Waals surface area contributed by atoms with Crippen molar-refractivity contribution in [2.24, 2.45) is 5.92 Å². The van der Waals surface area contributed by atoms with E-state index in [1.165, 1.54) is 19.3 Å². The van der Waals surface area contributed by atoms with Crippen LogP contribution in [0.5, 0.6) is 0 Å². The zero-order valence-corrected chi connectivity index (χ0v) is 15.6. The number of carboxylic acid groups (broad SMARTS) is 1. The number of aromatic nitrogens is 2. The van der Waals surface area contributed by atoms with Gasteiger partial charge in [-0.25, -0.2) is 0 Å². The molecule has 2 aromatic carbocycles. The van der Waals surface area contributed by atoms with Gasteiger partial charge in [-0.2, -0.15) is 0 Å². The minimum absolute atomic E-state index is 0.0548. The molecule has 4 aromatic rings. The molecule has 140 valence electrons. The van der Waals surface area contributed by atoms with E-state index in [0.717, 1.165) is 51.0 Å². The molecule has 1 fully saturated rings. The third-order valence-corrected chi connectivity index (χ3v) is 5.92. The van der Waals surface area contributed by atoms with Crippen LogP contribution in [-0.4, -0.2) is 20.6 Å². The minimum atomic E-state index is -0.787. The van der Waals surface area contributed by atoms with Gasteiger partial charge in [0, 0.05) is 35.2 Å². The summed E-state index contributed by atoms with van der Waals surface area (Å²) in [6, 6.07) is 16.7. The van der Waals surface area contributed by atoms with Gasteiger partial charge in [0.1, 0.15) is 0 Å². The summed E-state index contributed by atoms with van der Waals surface area (Å²) in [4.78, 5) is 15.8. The lowest BCUT2D eigenvalue weighted by atomic mass is 9.85. The molecule has 0 bridgehead atoms. The molecule has 0 aliphatic heterocycles. The SMILES string of the molecule is O=C(O)Cc1cn(CC2CCC2)c2ccc(-c3ccc4ncccc4c3)cc12. The second-order valence-corrected chi connectivity index (χ2v) is 7.82. The fraction of sp³-hybridized carbons (Fsp3) is 0.250. The summed E-state index contributed by atoms with van der Waals surface area (Å²) in [6.45, 7) is 0.983. The first-order chi connectivity index (χ1) is 13.7. The van der Waals surface area contributed by atoms with Gasteiger partial charge >= 0.3 is 5.97 Å². The van der Waals surface area contributed by atoms with Crippen LogP contribution in [0, 0.1) is 5.92 Å². The third-order valence-electron chi connectivity index (χ3n) is 5.92. The van der Waals surface area contributed by atoms with E-state index in [9.17, 15) is 9.90 Å². The molecular formula is C24H22N2O2. The number of hydrogen-bond acceptors (Lipinski definition) is 2. The first kappa shape index (κ1) is 17.0. The second-order valence-electron chi connectivity index (χ2n) is 7.82. The van der Waals surface area contributed by atoms with Crippen LogP contribution in [0.25, 0.3) is 32.9 Å². The van der Waals surface area contributed by atoms with Gasteiger partial charge in [0.25, 0.3) is 0 Å². The molecule has 0 amide bonds. The van der Waals surface area contributed by atoms with Crippen molar-refractivity contribution in [3.63, 3.8) is 0 Å². The summed E-state index contributed by atoms with van der Waals surface area (Å²) in [6.07, 6.45) is 7.77.